The fourth-order valence-electron chi connectivity index (χ4n) is 10.4. The van der Waals surface area contributed by atoms with Crippen LogP contribution in [0.3, 0.4) is 0 Å². The third kappa shape index (κ3) is 7.34. The maximum Gasteiger partial charge on any atom is 0.0520 e. The average molecular weight is 869 g/mol. The second-order valence-electron chi connectivity index (χ2n) is 18.8. The van der Waals surface area contributed by atoms with Gasteiger partial charge in [-0.15, -0.1) is 0 Å². The molecule has 0 atom stereocenters. The largest absolute Gasteiger partial charge is 0.310 e. The second kappa shape index (κ2) is 16.6. The highest BCUT2D eigenvalue weighted by molar-refractivity contribution is 7.99. The fourth-order valence-corrected chi connectivity index (χ4v) is 11.6. The topological polar surface area (TPSA) is 6.48 Å². The molecular formula is C63H52N2S. The Kier molecular flexibility index (Phi) is 10.4. The van der Waals surface area contributed by atoms with Gasteiger partial charge in [-0.2, -0.15) is 0 Å². The molecule has 0 bridgehead atoms. The number of hydrogen-bond donors (Lipinski definition) is 0. The van der Waals surface area contributed by atoms with Gasteiger partial charge in [0.05, 0.1) is 5.69 Å². The highest BCUT2D eigenvalue weighted by Gasteiger charge is 2.31. The third-order valence-corrected chi connectivity index (χ3v) is 14.3. The molecule has 0 amide bonds. The van der Waals surface area contributed by atoms with E-state index in [4.69, 9.17) is 0 Å². The first-order chi connectivity index (χ1) is 32.1. The first-order valence-electron chi connectivity index (χ1n) is 23.0. The van der Waals surface area contributed by atoms with Crippen LogP contribution in [0.1, 0.15) is 43.0 Å². The Hall–Kier alpha value is -7.33. The maximum absolute atomic E-state index is 2.45. The summed E-state index contributed by atoms with van der Waals surface area (Å²) in [6.07, 6.45) is 0. The molecule has 0 aliphatic carbocycles. The van der Waals surface area contributed by atoms with E-state index in [9.17, 15) is 0 Å². The molecular weight excluding hydrogens is 817 g/mol. The minimum atomic E-state index is -0.152. The van der Waals surface area contributed by atoms with Crippen molar-refractivity contribution in [3.05, 3.63) is 229 Å². The van der Waals surface area contributed by atoms with Crippen molar-refractivity contribution < 1.29 is 0 Å². The van der Waals surface area contributed by atoms with Crippen LogP contribution in [0, 0.1) is 20.8 Å². The van der Waals surface area contributed by atoms with Gasteiger partial charge in [-0.1, -0.05) is 178 Å². The number of para-hydroxylation sites is 1. The normalized spacial score (nSPS) is 12.0. The number of fused-ring (bicyclic) bond motifs is 4. The van der Waals surface area contributed by atoms with Gasteiger partial charge in [0.2, 0.25) is 0 Å². The van der Waals surface area contributed by atoms with Crippen LogP contribution in [-0.2, 0) is 5.41 Å². The van der Waals surface area contributed by atoms with E-state index in [1.165, 1.54) is 92.7 Å². The van der Waals surface area contributed by atoms with Crippen molar-refractivity contribution in [3.63, 3.8) is 0 Å². The van der Waals surface area contributed by atoms with Gasteiger partial charge in [-0.05, 0) is 159 Å². The minimum Gasteiger partial charge on any atom is -0.310 e. The molecule has 0 N–H and O–H groups in total. The summed E-state index contributed by atoms with van der Waals surface area (Å²) in [5, 5.41) is 5.19. The molecule has 0 spiro atoms. The molecule has 3 heteroatoms. The number of anilines is 6. The van der Waals surface area contributed by atoms with Gasteiger partial charge < -0.3 is 9.80 Å². The van der Waals surface area contributed by atoms with Gasteiger partial charge in [-0.25, -0.2) is 0 Å². The Morgan fingerprint density at radius 2 is 0.879 bits per heavy atom. The van der Waals surface area contributed by atoms with E-state index in [1.54, 1.807) is 0 Å². The fraction of sp³-hybridized carbons (Fsp3) is 0.111. The summed E-state index contributed by atoms with van der Waals surface area (Å²) >= 11 is 1.90. The molecule has 0 fully saturated rings. The Morgan fingerprint density at radius 3 is 1.45 bits per heavy atom. The van der Waals surface area contributed by atoms with E-state index in [2.05, 4.69) is 258 Å². The van der Waals surface area contributed by atoms with E-state index in [0.29, 0.717) is 0 Å². The number of rotatable bonds is 8. The number of nitrogens with zero attached hydrogens (tertiary/aromatic N) is 2. The summed E-state index contributed by atoms with van der Waals surface area (Å²) < 4.78 is 0. The van der Waals surface area contributed by atoms with Crippen LogP contribution in [0.5, 0.6) is 0 Å². The summed E-state index contributed by atoms with van der Waals surface area (Å²) in [5.74, 6) is 0. The lowest BCUT2D eigenvalue weighted by Gasteiger charge is -2.33. The molecule has 11 rings (SSSR count). The van der Waals surface area contributed by atoms with E-state index in [0.717, 1.165) is 28.4 Å². The Labute approximate surface area is 393 Å². The summed E-state index contributed by atoms with van der Waals surface area (Å²) in [5.41, 5.74) is 19.4. The van der Waals surface area contributed by atoms with Crippen LogP contribution in [0.2, 0.25) is 0 Å². The lowest BCUT2D eigenvalue weighted by atomic mass is 9.76. The molecule has 1 heterocycles. The van der Waals surface area contributed by atoms with Crippen molar-refractivity contribution in [3.8, 4) is 33.4 Å². The molecule has 0 saturated heterocycles. The van der Waals surface area contributed by atoms with Crippen LogP contribution in [0.25, 0.3) is 54.9 Å². The predicted octanol–water partition coefficient (Wildman–Crippen LogP) is 18.6. The van der Waals surface area contributed by atoms with E-state index in [1.807, 2.05) is 11.8 Å². The zero-order valence-electron chi connectivity index (χ0n) is 38.4. The van der Waals surface area contributed by atoms with Gasteiger partial charge in [0.1, 0.15) is 0 Å². The first-order valence-corrected chi connectivity index (χ1v) is 23.8. The summed E-state index contributed by atoms with van der Waals surface area (Å²) in [7, 11) is 0. The molecule has 0 saturated carbocycles. The molecule has 0 aromatic heterocycles. The van der Waals surface area contributed by atoms with E-state index < -0.39 is 0 Å². The van der Waals surface area contributed by atoms with Crippen LogP contribution < -0.4 is 9.80 Å². The average Bonchev–Trinajstić information content (AvgIpc) is 3.33. The Morgan fingerprint density at radius 1 is 0.379 bits per heavy atom. The highest BCUT2D eigenvalue weighted by Crippen LogP contribution is 2.56. The monoisotopic (exact) mass is 868 g/mol. The number of hydrogen-bond acceptors (Lipinski definition) is 3. The van der Waals surface area contributed by atoms with Crippen molar-refractivity contribution >= 4 is 67.4 Å². The predicted molar refractivity (Wildman–Crippen MR) is 284 cm³/mol. The van der Waals surface area contributed by atoms with Crippen LogP contribution in [0.4, 0.5) is 34.1 Å². The van der Waals surface area contributed by atoms with Crippen molar-refractivity contribution in [2.75, 3.05) is 9.80 Å². The lowest BCUT2D eigenvalue weighted by molar-refractivity contribution is 0.598. The van der Waals surface area contributed by atoms with Crippen LogP contribution >= 0.6 is 11.8 Å². The number of benzene rings is 10. The highest BCUT2D eigenvalue weighted by atomic mass is 32.2. The quantitative estimate of drug-likeness (QED) is 0.141. The molecule has 0 unspecified atom stereocenters. The van der Waals surface area contributed by atoms with Crippen LogP contribution in [-0.4, -0.2) is 0 Å². The molecule has 0 radical (unpaired) electrons. The Balaban J connectivity index is 1.09. The van der Waals surface area contributed by atoms with Crippen molar-refractivity contribution in [2.45, 2.75) is 56.7 Å². The summed E-state index contributed by atoms with van der Waals surface area (Å²) in [6.45, 7) is 13.8. The zero-order valence-corrected chi connectivity index (χ0v) is 39.2. The summed E-state index contributed by atoms with van der Waals surface area (Å²) in [6, 6.07) is 76.0. The van der Waals surface area contributed by atoms with Gasteiger partial charge in [0.15, 0.2) is 0 Å². The van der Waals surface area contributed by atoms with E-state index in [-0.39, 0.29) is 5.41 Å². The zero-order chi connectivity index (χ0) is 45.1. The number of aryl methyl sites for hydroxylation is 3. The smallest absolute Gasteiger partial charge is 0.0520 e. The van der Waals surface area contributed by atoms with Gasteiger partial charge in [0, 0.05) is 43.6 Å². The molecule has 1 aliphatic rings. The molecule has 10 aromatic rings. The van der Waals surface area contributed by atoms with Gasteiger partial charge in [-0.3, -0.25) is 0 Å². The van der Waals surface area contributed by atoms with Crippen molar-refractivity contribution in [1.29, 1.82) is 0 Å². The first kappa shape index (κ1) is 41.4. The van der Waals surface area contributed by atoms with Crippen LogP contribution in [0.15, 0.2) is 216 Å². The second-order valence-corrected chi connectivity index (χ2v) is 19.9. The standard InChI is InChI=1S/C63H52N2S/c1-41-37-42(2)62(43(3)38-41)65(48-21-14-9-15-22-48)52-34-36-55-58(40-52)66-57-24-16-23-53-56-39-51(33-35-54(56)61(63(4,5)6)60(55)59(53)57)64(49-29-25-46(26-30-49)44-17-10-7-11-18-44)50-31-27-47(28-32-50)45-19-12-8-13-20-45/h7-40H,1-6H3. The molecule has 66 heavy (non-hydrogen) atoms. The minimum absolute atomic E-state index is 0.152. The van der Waals surface area contributed by atoms with Crippen molar-refractivity contribution in [1.82, 2.24) is 0 Å². The summed E-state index contributed by atoms with van der Waals surface area (Å²) in [4.78, 5) is 7.44. The van der Waals surface area contributed by atoms with Gasteiger partial charge in [0.25, 0.3) is 0 Å². The molecule has 320 valence electrons. The lowest BCUT2D eigenvalue weighted by Crippen LogP contribution is -2.16. The SMILES string of the molecule is Cc1cc(C)c(N(c2ccccc2)c2ccc3c(c2)Sc2cccc4c2c-3c(C(C)(C)C)c2ccc(N(c3ccc(-c5ccccc5)cc3)c3ccc(-c5ccccc5)cc3)cc24)c(C)c1. The molecule has 2 nitrogen and oxygen atoms in total. The molecule has 10 aromatic carbocycles. The van der Waals surface area contributed by atoms with Crippen molar-refractivity contribution in [2.24, 2.45) is 0 Å². The Bertz CT molecular complexity index is 3320. The molecule has 1 aliphatic heterocycles. The third-order valence-electron chi connectivity index (χ3n) is 13.1. The van der Waals surface area contributed by atoms with Gasteiger partial charge >= 0.3 is 0 Å². The maximum atomic E-state index is 2.45. The van der Waals surface area contributed by atoms with E-state index >= 15 is 0 Å².